The van der Waals surface area contributed by atoms with Gasteiger partial charge in [0, 0.05) is 18.7 Å². The zero-order chi connectivity index (χ0) is 30.5. The number of anilines is 1. The number of carboxylic acids is 1. The van der Waals surface area contributed by atoms with Gasteiger partial charge in [-0.15, -0.1) is 0 Å². The molecule has 1 heterocycles. The third-order valence-electron chi connectivity index (χ3n) is 8.28. The molecule has 0 spiro atoms. The average molecular weight is 585 g/mol. The van der Waals surface area contributed by atoms with Crippen LogP contribution in [-0.4, -0.2) is 34.7 Å². The van der Waals surface area contributed by atoms with Crippen LogP contribution in [0, 0.1) is 5.41 Å². The molecule has 1 aliphatic carbocycles. The van der Waals surface area contributed by atoms with Gasteiger partial charge in [-0.25, -0.2) is 0 Å². The van der Waals surface area contributed by atoms with Crippen molar-refractivity contribution < 1.29 is 24.2 Å². The van der Waals surface area contributed by atoms with Gasteiger partial charge in [-0.1, -0.05) is 50.3 Å². The van der Waals surface area contributed by atoms with Gasteiger partial charge in [0.05, 0.1) is 29.5 Å². The number of aliphatic carboxylic acids is 1. The molecule has 7 heteroatoms. The Morgan fingerprint density at radius 1 is 1.00 bits per heavy atom. The molecule has 0 aliphatic heterocycles. The zero-order valence-corrected chi connectivity index (χ0v) is 25.4. The monoisotopic (exact) mass is 584 g/mol. The number of aromatic nitrogens is 1. The zero-order valence-electron chi connectivity index (χ0n) is 25.4. The van der Waals surface area contributed by atoms with E-state index >= 15 is 0 Å². The average Bonchev–Trinajstić information content (AvgIpc) is 2.99. The predicted octanol–water partition coefficient (Wildman–Crippen LogP) is 7.94. The lowest BCUT2D eigenvalue weighted by molar-refractivity contribution is -0.151. The molecule has 4 rings (SSSR count). The van der Waals surface area contributed by atoms with Gasteiger partial charge in [0.15, 0.2) is 0 Å². The Morgan fingerprint density at radius 2 is 1.77 bits per heavy atom. The summed E-state index contributed by atoms with van der Waals surface area (Å²) < 4.78 is 11.8. The number of carbonyl (C=O) groups excluding carboxylic acids is 1. The lowest BCUT2D eigenvalue weighted by atomic mass is 9.79. The number of aryl methyl sites for hydroxylation is 1. The number of unbranched alkanes of at least 4 members (excludes halogenated alkanes) is 1. The number of ether oxygens (including phenoxy) is 2. The van der Waals surface area contributed by atoms with Gasteiger partial charge in [-0.3, -0.25) is 14.6 Å². The number of carbonyl (C=O) groups is 2. The van der Waals surface area contributed by atoms with Crippen molar-refractivity contribution in [1.82, 2.24) is 4.98 Å². The Kier molecular flexibility index (Phi) is 11.9. The van der Waals surface area contributed by atoms with Gasteiger partial charge in [0.25, 0.3) is 0 Å². The molecule has 0 unspecified atom stereocenters. The predicted molar refractivity (Wildman–Crippen MR) is 171 cm³/mol. The maximum Gasteiger partial charge on any atom is 0.310 e. The Labute approximate surface area is 255 Å². The molecule has 1 fully saturated rings. The van der Waals surface area contributed by atoms with Crippen molar-refractivity contribution in [2.75, 3.05) is 11.9 Å². The van der Waals surface area contributed by atoms with Crippen LogP contribution in [0.15, 0.2) is 66.7 Å². The molecule has 1 amide bonds. The molecule has 0 saturated heterocycles. The highest BCUT2D eigenvalue weighted by molar-refractivity contribution is 5.94. The highest BCUT2D eigenvalue weighted by Crippen LogP contribution is 2.31. The summed E-state index contributed by atoms with van der Waals surface area (Å²) in [5.74, 6) is -0.260. The van der Waals surface area contributed by atoms with Crippen molar-refractivity contribution in [3.05, 3.63) is 89.2 Å². The first-order valence-corrected chi connectivity index (χ1v) is 15.5. The number of carboxylic acid groups (broad SMARTS) is 1. The minimum absolute atomic E-state index is 0.0574. The van der Waals surface area contributed by atoms with Crippen LogP contribution in [0.5, 0.6) is 5.75 Å². The van der Waals surface area contributed by atoms with E-state index in [0.29, 0.717) is 37.8 Å². The molecule has 1 saturated carbocycles. The topological polar surface area (TPSA) is 97.8 Å². The highest BCUT2D eigenvalue weighted by atomic mass is 16.5. The van der Waals surface area contributed by atoms with Crippen molar-refractivity contribution in [1.29, 1.82) is 0 Å². The third kappa shape index (κ3) is 9.79. The summed E-state index contributed by atoms with van der Waals surface area (Å²) in [6.07, 6.45) is 11.7. The van der Waals surface area contributed by atoms with Gasteiger partial charge in [-0.2, -0.15) is 0 Å². The third-order valence-corrected chi connectivity index (χ3v) is 8.28. The van der Waals surface area contributed by atoms with Crippen LogP contribution in [0.2, 0.25) is 0 Å². The number of nitrogens with zero attached hydrogens (tertiary/aromatic N) is 1. The van der Waals surface area contributed by atoms with Gasteiger partial charge in [0.2, 0.25) is 5.91 Å². The molecular formula is C36H44N2O5. The van der Waals surface area contributed by atoms with Crippen LogP contribution in [0.4, 0.5) is 5.69 Å². The van der Waals surface area contributed by atoms with E-state index in [2.05, 4.69) is 34.6 Å². The first-order chi connectivity index (χ1) is 20.9. The van der Waals surface area contributed by atoms with E-state index in [4.69, 9.17) is 9.47 Å². The van der Waals surface area contributed by atoms with E-state index in [1.165, 1.54) is 24.8 Å². The second-order valence-corrected chi connectivity index (χ2v) is 11.4. The Hall–Kier alpha value is -3.97. The fourth-order valence-corrected chi connectivity index (χ4v) is 5.09. The Balaban J connectivity index is 1.19. The maximum atomic E-state index is 12.6. The van der Waals surface area contributed by atoms with Crippen molar-refractivity contribution in [3.63, 3.8) is 0 Å². The van der Waals surface area contributed by atoms with E-state index in [-0.39, 0.29) is 12.3 Å². The fourth-order valence-electron chi connectivity index (χ4n) is 5.09. The Bertz CT molecular complexity index is 1360. The number of benzene rings is 2. The molecule has 0 atom stereocenters. The van der Waals surface area contributed by atoms with E-state index < -0.39 is 11.4 Å². The molecule has 0 radical (unpaired) electrons. The van der Waals surface area contributed by atoms with Gasteiger partial charge >= 0.3 is 5.97 Å². The lowest BCUT2D eigenvalue weighted by Gasteiger charge is -2.26. The quantitative estimate of drug-likeness (QED) is 0.156. The number of rotatable bonds is 17. The van der Waals surface area contributed by atoms with E-state index in [9.17, 15) is 14.7 Å². The second kappa shape index (κ2) is 16.0. The first-order valence-electron chi connectivity index (χ1n) is 15.5. The molecular weight excluding hydrogens is 540 g/mol. The summed E-state index contributed by atoms with van der Waals surface area (Å²) in [4.78, 5) is 29.1. The second-order valence-electron chi connectivity index (χ2n) is 11.4. The number of hydrogen-bond donors (Lipinski definition) is 2. The number of pyridine rings is 1. The van der Waals surface area contributed by atoms with Crippen LogP contribution in [0.3, 0.4) is 0 Å². The fraction of sp³-hybridized carbons (Fsp3) is 0.417. The lowest BCUT2D eigenvalue weighted by Crippen LogP contribution is -2.34. The SMILES string of the molecule is CCC(CC)(CC(=O)Nc1cccc(/C=C/c2cccc(COCCCCc3ccc(OC4CCC4)cc3)n2)c1)C(=O)O. The first kappa shape index (κ1) is 32.0. The molecule has 3 aromatic rings. The smallest absolute Gasteiger partial charge is 0.310 e. The molecule has 1 aliphatic rings. The normalized spacial score (nSPS) is 13.5. The minimum atomic E-state index is -1.04. The number of hydrogen-bond acceptors (Lipinski definition) is 5. The van der Waals surface area contributed by atoms with E-state index in [0.717, 1.165) is 42.0 Å². The summed E-state index contributed by atoms with van der Waals surface area (Å²) in [5.41, 5.74) is 3.50. The summed E-state index contributed by atoms with van der Waals surface area (Å²) in [5, 5.41) is 12.5. The number of amides is 1. The van der Waals surface area contributed by atoms with Crippen LogP contribution >= 0.6 is 0 Å². The molecule has 7 nitrogen and oxygen atoms in total. The molecule has 43 heavy (non-hydrogen) atoms. The van der Waals surface area contributed by atoms with Crippen LogP contribution < -0.4 is 10.1 Å². The Morgan fingerprint density at radius 3 is 2.47 bits per heavy atom. The van der Waals surface area contributed by atoms with Gasteiger partial charge in [0.1, 0.15) is 5.75 Å². The van der Waals surface area contributed by atoms with Crippen molar-refractivity contribution in [3.8, 4) is 5.75 Å². The van der Waals surface area contributed by atoms with E-state index in [1.807, 2.05) is 48.6 Å². The summed E-state index contributed by atoms with van der Waals surface area (Å²) in [6, 6.07) is 21.8. The van der Waals surface area contributed by atoms with Crippen LogP contribution in [0.25, 0.3) is 12.2 Å². The van der Waals surface area contributed by atoms with Gasteiger partial charge < -0.3 is 19.9 Å². The van der Waals surface area contributed by atoms with Crippen LogP contribution in [-0.2, 0) is 27.4 Å². The summed E-state index contributed by atoms with van der Waals surface area (Å²) >= 11 is 0. The van der Waals surface area contributed by atoms with E-state index in [1.54, 1.807) is 19.9 Å². The summed E-state index contributed by atoms with van der Waals surface area (Å²) in [7, 11) is 0. The van der Waals surface area contributed by atoms with Crippen molar-refractivity contribution >= 4 is 29.7 Å². The molecule has 228 valence electrons. The number of nitrogens with one attached hydrogen (secondary N) is 1. The summed E-state index contributed by atoms with van der Waals surface area (Å²) in [6.45, 7) is 4.76. The highest BCUT2D eigenvalue weighted by Gasteiger charge is 2.37. The van der Waals surface area contributed by atoms with Crippen molar-refractivity contribution in [2.24, 2.45) is 5.41 Å². The standard InChI is InChI=1S/C36H44N2O5/c1-3-36(4-2,35(40)41)25-34(39)38-30-13-7-11-28(24-30)17-20-29-12-8-14-31(37-29)26-42-23-6-5-10-27-18-21-33(22-19-27)43-32-15-9-16-32/h7-8,11-14,17-22,24,32H,3-6,9-10,15-16,23,25-26H2,1-2H3,(H,38,39)(H,40,41)/b20-17+. The molecule has 1 aromatic heterocycles. The van der Waals surface area contributed by atoms with Crippen LogP contribution in [0.1, 0.15) is 87.7 Å². The minimum Gasteiger partial charge on any atom is -0.490 e. The molecule has 0 bridgehead atoms. The van der Waals surface area contributed by atoms with Gasteiger partial charge in [-0.05, 0) is 105 Å². The molecule has 2 aromatic carbocycles. The maximum absolute atomic E-state index is 12.6. The molecule has 2 N–H and O–H groups in total. The largest absolute Gasteiger partial charge is 0.490 e. The van der Waals surface area contributed by atoms with Crippen molar-refractivity contribution in [2.45, 2.75) is 84.3 Å².